The number of hydrogen-bond acceptors (Lipinski definition) is 13. The van der Waals surface area contributed by atoms with E-state index in [0.29, 0.717) is 28.0 Å². The molecule has 0 bridgehead atoms. The van der Waals surface area contributed by atoms with Gasteiger partial charge in [-0.2, -0.15) is 0 Å². The molecule has 326 valence electrons. The van der Waals surface area contributed by atoms with E-state index in [1.165, 1.54) is 58.6 Å². The molecule has 4 heterocycles. The Bertz CT molecular complexity index is 2650. The topological polar surface area (TPSA) is 139 Å². The van der Waals surface area contributed by atoms with Gasteiger partial charge in [0.25, 0.3) is 11.8 Å². The Labute approximate surface area is 392 Å². The number of carbonyl (C=O) groups is 4. The van der Waals surface area contributed by atoms with E-state index in [1.807, 2.05) is 115 Å². The van der Waals surface area contributed by atoms with E-state index in [1.54, 1.807) is 11.5 Å². The van der Waals surface area contributed by atoms with Gasteiger partial charge in [-0.3, -0.25) is 19.3 Å². The number of carbonyl (C=O) groups excluding carboxylic acids is 4. The van der Waals surface area contributed by atoms with Crippen LogP contribution in [0.2, 0.25) is 0 Å². The quantitative estimate of drug-likeness (QED) is 0.0317. The predicted molar refractivity (Wildman–Crippen MR) is 259 cm³/mol. The van der Waals surface area contributed by atoms with Gasteiger partial charge < -0.3 is 20.2 Å². The highest BCUT2D eigenvalue weighted by Crippen LogP contribution is 2.44. The Balaban J connectivity index is 0.979. The average Bonchev–Trinajstić information content (AvgIpc) is 4.01. The van der Waals surface area contributed by atoms with Crippen molar-refractivity contribution in [3.05, 3.63) is 213 Å². The number of thiazole rings is 1. The third-order valence-corrected chi connectivity index (χ3v) is 15.3. The van der Waals surface area contributed by atoms with Gasteiger partial charge in [0.15, 0.2) is 16.9 Å². The number of ether oxygens (including phenoxy) is 1. The van der Waals surface area contributed by atoms with Crippen molar-refractivity contribution in [2.24, 2.45) is 5.16 Å². The number of esters is 1. The van der Waals surface area contributed by atoms with Crippen LogP contribution in [0.3, 0.4) is 0 Å². The van der Waals surface area contributed by atoms with Crippen molar-refractivity contribution in [3.63, 3.8) is 0 Å². The van der Waals surface area contributed by atoms with E-state index in [2.05, 4.69) is 52.2 Å². The van der Waals surface area contributed by atoms with Crippen LogP contribution in [0, 0.1) is 0 Å². The highest BCUT2D eigenvalue weighted by molar-refractivity contribution is 8.16. The highest BCUT2D eigenvalue weighted by Gasteiger charge is 2.55. The normalized spacial score (nSPS) is 17.3. The van der Waals surface area contributed by atoms with Crippen LogP contribution in [0.5, 0.6) is 0 Å². The summed E-state index contributed by atoms with van der Waals surface area (Å²) in [7, 11) is 1.34. The Morgan fingerprint density at radius 2 is 1.37 bits per heavy atom. The summed E-state index contributed by atoms with van der Waals surface area (Å²) in [4.78, 5) is 67.5. The van der Waals surface area contributed by atoms with Gasteiger partial charge in [0.2, 0.25) is 5.12 Å². The molecule has 11 nitrogen and oxygen atoms in total. The standard InChI is InChI=1S/C50H41N5O6S4/c1-60-54-41(39-31-65-49(51-39)53-50(35-21-11-4-12-22-35,36-23-13-5-14-24-36)37-25-15-6-16-26-37)45(57)52-42-46(58)55-43(34(29-64-47(42)55)28-62-38-27-40(56)63-30-38)48(59)61-44(32-17-7-2-8-18-32)33-19-9-3-10-20-33/h2-27,31,42,44,47H,28-30H2,1H3,(H,51,53)(H,52,57)/b54-41-/t42-,47-/m1/s1. The molecule has 6 aromatic rings. The summed E-state index contributed by atoms with van der Waals surface area (Å²) in [5.41, 5.74) is 4.59. The smallest absolute Gasteiger partial charge is 0.356 e. The zero-order valence-corrected chi connectivity index (χ0v) is 38.1. The number of nitrogens with one attached hydrogen (secondary N) is 2. The summed E-state index contributed by atoms with van der Waals surface area (Å²) >= 11 is 5.45. The number of thioether (sulfide) groups is 3. The Hall–Kier alpha value is -6.39. The summed E-state index contributed by atoms with van der Waals surface area (Å²) in [6.45, 7) is 0. The molecule has 0 spiro atoms. The summed E-state index contributed by atoms with van der Waals surface area (Å²) < 4.78 is 6.33. The molecule has 3 aliphatic heterocycles. The molecule has 2 N–H and O–H groups in total. The molecule has 0 unspecified atom stereocenters. The molecule has 0 aliphatic carbocycles. The van der Waals surface area contributed by atoms with Crippen LogP contribution in [-0.4, -0.2) is 74.3 Å². The fraction of sp³-hybridized carbons (Fsp3) is 0.160. The van der Waals surface area contributed by atoms with Gasteiger partial charge in [-0.05, 0) is 38.3 Å². The van der Waals surface area contributed by atoms with Crippen LogP contribution in [0.1, 0.15) is 39.6 Å². The number of hydrogen-bond donors (Lipinski definition) is 2. The second kappa shape index (κ2) is 19.8. The first-order valence-corrected chi connectivity index (χ1v) is 24.5. The summed E-state index contributed by atoms with van der Waals surface area (Å²) in [6.07, 6.45) is 0.863. The summed E-state index contributed by atoms with van der Waals surface area (Å²) in [6, 6.07) is 48.2. The van der Waals surface area contributed by atoms with Crippen LogP contribution in [-0.2, 0) is 34.3 Å². The van der Waals surface area contributed by atoms with Crippen LogP contribution in [0.25, 0.3) is 0 Å². The number of fused-ring (bicyclic) bond motifs is 1. The van der Waals surface area contributed by atoms with Gasteiger partial charge in [0.1, 0.15) is 35.5 Å². The van der Waals surface area contributed by atoms with Crippen LogP contribution >= 0.6 is 46.6 Å². The molecule has 1 aromatic heterocycles. The molecule has 1 fully saturated rings. The molecule has 0 radical (unpaired) electrons. The lowest BCUT2D eigenvalue weighted by Gasteiger charge is -2.49. The Morgan fingerprint density at radius 3 is 1.89 bits per heavy atom. The highest BCUT2D eigenvalue weighted by atomic mass is 32.2. The molecule has 0 saturated carbocycles. The van der Waals surface area contributed by atoms with Gasteiger partial charge >= 0.3 is 5.97 Å². The van der Waals surface area contributed by atoms with Gasteiger partial charge in [-0.25, -0.2) is 9.78 Å². The maximum Gasteiger partial charge on any atom is 0.356 e. The predicted octanol–water partition coefficient (Wildman–Crippen LogP) is 8.77. The largest absolute Gasteiger partial charge is 0.448 e. The van der Waals surface area contributed by atoms with Crippen molar-refractivity contribution >= 4 is 80.4 Å². The fourth-order valence-corrected chi connectivity index (χ4v) is 12.2. The fourth-order valence-electron chi connectivity index (χ4n) is 8.04. The van der Waals surface area contributed by atoms with E-state index in [-0.39, 0.29) is 22.2 Å². The van der Waals surface area contributed by atoms with Crippen molar-refractivity contribution < 1.29 is 28.8 Å². The summed E-state index contributed by atoms with van der Waals surface area (Å²) in [5.74, 6) is -0.474. The monoisotopic (exact) mass is 935 g/mol. The molecule has 15 heteroatoms. The van der Waals surface area contributed by atoms with E-state index in [4.69, 9.17) is 14.6 Å². The van der Waals surface area contributed by atoms with Gasteiger partial charge in [0, 0.05) is 28.7 Å². The maximum atomic E-state index is 14.5. The molecular formula is C50H41N5O6S4. The van der Waals surface area contributed by atoms with Gasteiger partial charge in [-0.1, -0.05) is 169 Å². The summed E-state index contributed by atoms with van der Waals surface area (Å²) in [5, 5.41) is 12.3. The number of anilines is 1. The molecule has 5 aromatic carbocycles. The third kappa shape index (κ3) is 9.14. The average molecular weight is 936 g/mol. The second-order valence-electron chi connectivity index (χ2n) is 15.1. The lowest BCUT2D eigenvalue weighted by molar-refractivity contribution is -0.154. The number of β-lactam (4-membered cyclic amide) rings is 1. The Morgan fingerprint density at radius 1 is 0.815 bits per heavy atom. The first kappa shape index (κ1) is 43.8. The minimum absolute atomic E-state index is 0.00884. The van der Waals surface area contributed by atoms with Crippen molar-refractivity contribution in [2.75, 3.05) is 29.7 Å². The van der Waals surface area contributed by atoms with E-state index in [9.17, 15) is 19.2 Å². The molecule has 9 rings (SSSR count). The third-order valence-electron chi connectivity index (χ3n) is 11.1. The molecule has 1 saturated heterocycles. The molecule has 2 amide bonds. The number of amides is 2. The zero-order valence-electron chi connectivity index (χ0n) is 34.9. The van der Waals surface area contributed by atoms with E-state index in [0.717, 1.165) is 32.7 Å². The minimum Gasteiger partial charge on any atom is -0.448 e. The molecule has 3 aliphatic rings. The number of benzene rings is 5. The van der Waals surface area contributed by atoms with E-state index < -0.39 is 40.8 Å². The minimum atomic E-state index is -0.990. The van der Waals surface area contributed by atoms with Crippen molar-refractivity contribution in [2.45, 2.75) is 23.1 Å². The number of nitrogens with zero attached hydrogens (tertiary/aromatic N) is 3. The number of aromatic nitrogens is 1. The Kier molecular flexibility index (Phi) is 13.3. The molecule has 65 heavy (non-hydrogen) atoms. The maximum absolute atomic E-state index is 14.5. The SMILES string of the molecule is CO/N=C(\C(=O)N[C@@H]1C(=O)N2C(C(=O)OC(c3ccccc3)c3ccccc3)=C(CSC3=CC(=O)SC3)CS[C@H]12)c1csc(NC(c2ccccc2)(c2ccccc2)c2ccccc2)n1. The molecular weight excluding hydrogens is 895 g/mol. The lowest BCUT2D eigenvalue weighted by Crippen LogP contribution is -2.71. The van der Waals surface area contributed by atoms with E-state index >= 15 is 0 Å². The van der Waals surface area contributed by atoms with Crippen molar-refractivity contribution in [1.29, 1.82) is 0 Å². The van der Waals surface area contributed by atoms with Gasteiger partial charge in [0.05, 0.1) is 0 Å². The first-order chi connectivity index (χ1) is 31.8. The number of oxime groups is 1. The molecule has 2 atom stereocenters. The zero-order chi connectivity index (χ0) is 44.8. The second-order valence-corrected chi connectivity index (χ2v) is 19.1. The van der Waals surface area contributed by atoms with Crippen LogP contribution in [0.15, 0.2) is 184 Å². The van der Waals surface area contributed by atoms with Crippen LogP contribution < -0.4 is 10.6 Å². The van der Waals surface area contributed by atoms with Crippen molar-refractivity contribution in [3.8, 4) is 0 Å². The van der Waals surface area contributed by atoms with Gasteiger partial charge in [-0.15, -0.1) is 34.9 Å². The van der Waals surface area contributed by atoms with Crippen molar-refractivity contribution in [1.82, 2.24) is 15.2 Å². The van der Waals surface area contributed by atoms with Crippen LogP contribution in [0.4, 0.5) is 5.13 Å². The number of rotatable bonds is 16. The first-order valence-electron chi connectivity index (χ1n) is 20.6. The lowest BCUT2D eigenvalue weighted by atomic mass is 9.77.